The van der Waals surface area contributed by atoms with Crippen molar-refractivity contribution in [2.24, 2.45) is 0 Å². The van der Waals surface area contributed by atoms with Crippen molar-refractivity contribution in [2.45, 2.75) is 19.8 Å². The van der Waals surface area contributed by atoms with Gasteiger partial charge in [-0.3, -0.25) is 4.39 Å². The third kappa shape index (κ3) is 2.06. The van der Waals surface area contributed by atoms with E-state index in [2.05, 4.69) is 6.07 Å². The van der Waals surface area contributed by atoms with E-state index in [4.69, 9.17) is 5.26 Å². The third-order valence-corrected chi connectivity index (χ3v) is 2.09. The molecule has 0 aromatic heterocycles. The molecule has 0 saturated carbocycles. The van der Waals surface area contributed by atoms with Crippen molar-refractivity contribution in [1.29, 1.82) is 5.26 Å². The zero-order chi connectivity index (χ0) is 9.84. The smallest absolute Gasteiger partial charge is 0.0994 e. The number of hydrogen-bond donors (Lipinski definition) is 0. The molecule has 0 N–H and O–H groups in total. The minimum atomic E-state index is -0.419. The van der Waals surface area contributed by atoms with Gasteiger partial charge in [-0.25, -0.2) is 0 Å². The molecule has 68 valence electrons. The normalized spacial score (nSPS) is 12.2. The fourth-order valence-electron chi connectivity index (χ4n) is 1.27. The zero-order valence-corrected chi connectivity index (χ0v) is 7.84. The molecular formula is C11H12FN. The lowest BCUT2D eigenvalue weighted by Crippen LogP contribution is -1.99. The lowest BCUT2D eigenvalue weighted by atomic mass is 9.95. The van der Waals surface area contributed by atoms with Crippen molar-refractivity contribution in [3.8, 4) is 6.07 Å². The summed E-state index contributed by atoms with van der Waals surface area (Å²) in [5.41, 5.74) is 2.45. The minimum absolute atomic E-state index is 0.186. The number of hydrogen-bond acceptors (Lipinski definition) is 1. The van der Waals surface area contributed by atoms with Gasteiger partial charge in [-0.1, -0.05) is 24.6 Å². The zero-order valence-electron chi connectivity index (χ0n) is 7.84. The van der Waals surface area contributed by atoms with Gasteiger partial charge in [0.2, 0.25) is 0 Å². The summed E-state index contributed by atoms with van der Waals surface area (Å²) >= 11 is 0. The van der Waals surface area contributed by atoms with Crippen LogP contribution in [0.3, 0.4) is 0 Å². The molecule has 0 aliphatic carbocycles. The molecule has 0 aliphatic heterocycles. The Hall–Kier alpha value is -1.36. The van der Waals surface area contributed by atoms with Crippen molar-refractivity contribution < 1.29 is 4.39 Å². The van der Waals surface area contributed by atoms with Crippen molar-refractivity contribution in [1.82, 2.24) is 0 Å². The Morgan fingerprint density at radius 3 is 2.77 bits per heavy atom. The van der Waals surface area contributed by atoms with E-state index in [0.717, 1.165) is 11.1 Å². The van der Waals surface area contributed by atoms with Crippen molar-refractivity contribution in [3.05, 3.63) is 34.9 Å². The van der Waals surface area contributed by atoms with Gasteiger partial charge in [0, 0.05) is 5.92 Å². The van der Waals surface area contributed by atoms with Gasteiger partial charge in [-0.05, 0) is 18.6 Å². The van der Waals surface area contributed by atoms with Crippen molar-refractivity contribution in [2.75, 3.05) is 6.67 Å². The molecule has 1 aromatic rings. The molecule has 0 amide bonds. The Morgan fingerprint density at radius 2 is 2.23 bits per heavy atom. The molecule has 0 heterocycles. The van der Waals surface area contributed by atoms with E-state index in [-0.39, 0.29) is 5.92 Å². The highest BCUT2D eigenvalue weighted by molar-refractivity contribution is 5.41. The van der Waals surface area contributed by atoms with Crippen LogP contribution >= 0.6 is 0 Å². The van der Waals surface area contributed by atoms with Crippen LogP contribution in [0.25, 0.3) is 0 Å². The summed E-state index contributed by atoms with van der Waals surface area (Å²) in [6, 6.07) is 7.56. The van der Waals surface area contributed by atoms with Gasteiger partial charge in [0.15, 0.2) is 0 Å². The molecule has 1 aromatic carbocycles. The molecule has 1 nitrogen and oxygen atoms in total. The highest BCUT2D eigenvalue weighted by Gasteiger charge is 2.09. The van der Waals surface area contributed by atoms with E-state index < -0.39 is 6.67 Å². The first-order valence-electron chi connectivity index (χ1n) is 4.25. The summed E-state index contributed by atoms with van der Waals surface area (Å²) in [7, 11) is 0. The topological polar surface area (TPSA) is 23.8 Å². The number of nitriles is 1. The fraction of sp³-hybridized carbons (Fsp3) is 0.364. The maximum atomic E-state index is 12.4. The summed E-state index contributed by atoms with van der Waals surface area (Å²) in [6.07, 6.45) is 0. The number of nitrogens with zero attached hydrogens (tertiary/aromatic N) is 1. The first-order valence-corrected chi connectivity index (χ1v) is 4.25. The van der Waals surface area contributed by atoms with Crippen LogP contribution in [-0.4, -0.2) is 6.67 Å². The van der Waals surface area contributed by atoms with Gasteiger partial charge in [-0.15, -0.1) is 0 Å². The molecule has 13 heavy (non-hydrogen) atoms. The van der Waals surface area contributed by atoms with E-state index in [1.807, 2.05) is 19.1 Å². The number of aryl methyl sites for hydroxylation is 1. The van der Waals surface area contributed by atoms with Crippen LogP contribution in [0.4, 0.5) is 4.39 Å². The first-order chi connectivity index (χ1) is 6.19. The predicted octanol–water partition coefficient (Wildman–Crippen LogP) is 2.94. The summed E-state index contributed by atoms with van der Waals surface area (Å²) in [6.45, 7) is 3.31. The van der Waals surface area contributed by atoms with Gasteiger partial charge in [0.05, 0.1) is 18.3 Å². The van der Waals surface area contributed by atoms with Crippen LogP contribution < -0.4 is 0 Å². The molecular weight excluding hydrogens is 165 g/mol. The van der Waals surface area contributed by atoms with E-state index in [0.29, 0.717) is 5.56 Å². The van der Waals surface area contributed by atoms with Crippen LogP contribution in [0.5, 0.6) is 0 Å². The minimum Gasteiger partial charge on any atom is -0.250 e. The largest absolute Gasteiger partial charge is 0.250 e. The second-order valence-corrected chi connectivity index (χ2v) is 3.26. The maximum Gasteiger partial charge on any atom is 0.0994 e. The molecule has 1 rings (SSSR count). The lowest BCUT2D eigenvalue weighted by Gasteiger charge is -2.09. The number of halogens is 1. The predicted molar refractivity (Wildman–Crippen MR) is 50.3 cm³/mol. The number of rotatable bonds is 2. The number of benzene rings is 1. The Kier molecular flexibility index (Phi) is 3.02. The van der Waals surface area contributed by atoms with Crippen LogP contribution in [0.15, 0.2) is 18.2 Å². The van der Waals surface area contributed by atoms with Crippen LogP contribution in [-0.2, 0) is 0 Å². The van der Waals surface area contributed by atoms with Gasteiger partial charge < -0.3 is 0 Å². The second kappa shape index (κ2) is 4.04. The summed E-state index contributed by atoms with van der Waals surface area (Å²) < 4.78 is 12.4. The van der Waals surface area contributed by atoms with E-state index >= 15 is 0 Å². The van der Waals surface area contributed by atoms with E-state index in [1.165, 1.54) is 0 Å². The molecule has 2 heteroatoms. The SMILES string of the molecule is Cc1ccc(C#N)c(C(C)CF)c1. The monoisotopic (exact) mass is 177 g/mol. The molecule has 0 saturated heterocycles. The second-order valence-electron chi connectivity index (χ2n) is 3.26. The van der Waals surface area contributed by atoms with Gasteiger partial charge >= 0.3 is 0 Å². The molecule has 0 spiro atoms. The standard InChI is InChI=1S/C11H12FN/c1-8-3-4-10(7-13)11(5-8)9(2)6-12/h3-5,9H,6H2,1-2H3. The molecule has 0 radical (unpaired) electrons. The Labute approximate surface area is 77.8 Å². The quantitative estimate of drug-likeness (QED) is 0.681. The fourth-order valence-corrected chi connectivity index (χ4v) is 1.27. The highest BCUT2D eigenvalue weighted by atomic mass is 19.1. The highest BCUT2D eigenvalue weighted by Crippen LogP contribution is 2.21. The summed E-state index contributed by atoms with van der Waals surface area (Å²) in [5, 5.41) is 8.78. The van der Waals surface area contributed by atoms with Crippen LogP contribution in [0.1, 0.15) is 29.5 Å². The van der Waals surface area contributed by atoms with Gasteiger partial charge in [0.1, 0.15) is 0 Å². The van der Waals surface area contributed by atoms with E-state index in [1.54, 1.807) is 13.0 Å². The molecule has 0 bridgehead atoms. The average Bonchev–Trinajstić information content (AvgIpc) is 2.16. The Morgan fingerprint density at radius 1 is 1.54 bits per heavy atom. The maximum absolute atomic E-state index is 12.4. The summed E-state index contributed by atoms with van der Waals surface area (Å²) in [5.74, 6) is -0.186. The molecule has 0 fully saturated rings. The first kappa shape index (κ1) is 9.73. The molecule has 0 aliphatic rings. The van der Waals surface area contributed by atoms with Crippen LogP contribution in [0, 0.1) is 18.3 Å². The number of alkyl halides is 1. The van der Waals surface area contributed by atoms with Gasteiger partial charge in [0.25, 0.3) is 0 Å². The van der Waals surface area contributed by atoms with E-state index in [9.17, 15) is 4.39 Å². The Bertz CT molecular complexity index is 338. The Balaban J connectivity index is 3.17. The molecule has 1 atom stereocenters. The average molecular weight is 177 g/mol. The van der Waals surface area contributed by atoms with Crippen LogP contribution in [0.2, 0.25) is 0 Å². The van der Waals surface area contributed by atoms with Gasteiger partial charge in [-0.2, -0.15) is 5.26 Å². The van der Waals surface area contributed by atoms with Crippen molar-refractivity contribution >= 4 is 0 Å². The molecule has 1 unspecified atom stereocenters. The summed E-state index contributed by atoms with van der Waals surface area (Å²) in [4.78, 5) is 0. The van der Waals surface area contributed by atoms with Crippen molar-refractivity contribution in [3.63, 3.8) is 0 Å². The third-order valence-electron chi connectivity index (χ3n) is 2.09. The lowest BCUT2D eigenvalue weighted by molar-refractivity contribution is 0.447.